The van der Waals surface area contributed by atoms with E-state index in [1.54, 1.807) is 0 Å². The van der Waals surface area contributed by atoms with E-state index in [1.807, 2.05) is 33.8 Å². The minimum absolute atomic E-state index is 0.229. The summed E-state index contributed by atoms with van der Waals surface area (Å²) in [4.78, 5) is 20.7. The molecule has 0 aliphatic carbocycles. The fourth-order valence-electron chi connectivity index (χ4n) is 1.66. The van der Waals surface area contributed by atoms with Crippen molar-refractivity contribution in [3.63, 3.8) is 0 Å². The van der Waals surface area contributed by atoms with Crippen LogP contribution in [0.3, 0.4) is 0 Å². The lowest BCUT2D eigenvalue weighted by Gasteiger charge is -2.19. The van der Waals surface area contributed by atoms with E-state index in [9.17, 15) is 4.79 Å². The lowest BCUT2D eigenvalue weighted by molar-refractivity contribution is -0.151. The summed E-state index contributed by atoms with van der Waals surface area (Å²) in [5.41, 5.74) is -0.453. The minimum atomic E-state index is -0.453. The Hall–Kier alpha value is -1.30. The number of hydrogen-bond acceptors (Lipinski definition) is 6. The number of thioether (sulfide) groups is 1. The molecule has 0 saturated carbocycles. The third-order valence-corrected chi connectivity index (χ3v) is 3.22. The van der Waals surface area contributed by atoms with Crippen molar-refractivity contribution in [1.82, 2.24) is 9.97 Å². The summed E-state index contributed by atoms with van der Waals surface area (Å²) in [6.45, 7) is 10.5. The van der Waals surface area contributed by atoms with Gasteiger partial charge in [-0.05, 0) is 34.1 Å². The first-order valence-corrected chi connectivity index (χ1v) is 8.29. The molecule has 0 atom stereocenters. The molecule has 1 aromatic rings. The third kappa shape index (κ3) is 7.32. The highest BCUT2D eigenvalue weighted by molar-refractivity contribution is 7.99. The van der Waals surface area contributed by atoms with E-state index in [2.05, 4.69) is 22.2 Å². The Morgan fingerprint density at radius 3 is 2.62 bits per heavy atom. The van der Waals surface area contributed by atoms with Gasteiger partial charge in [-0.25, -0.2) is 9.97 Å². The topological polar surface area (TPSA) is 64.1 Å². The largest absolute Gasteiger partial charge is 0.459 e. The number of anilines is 1. The van der Waals surface area contributed by atoms with Crippen molar-refractivity contribution in [2.24, 2.45) is 0 Å². The second-order valence-corrected chi connectivity index (χ2v) is 6.66. The van der Waals surface area contributed by atoms with Gasteiger partial charge in [-0.15, -0.1) is 0 Å². The summed E-state index contributed by atoms with van der Waals surface area (Å²) in [7, 11) is 0. The Labute approximate surface area is 131 Å². The zero-order valence-electron chi connectivity index (χ0n) is 13.5. The van der Waals surface area contributed by atoms with Crippen molar-refractivity contribution in [3.8, 4) is 0 Å². The number of carbonyl (C=O) groups excluding carboxylic acids is 1. The first-order chi connectivity index (χ1) is 9.84. The molecule has 6 heteroatoms. The van der Waals surface area contributed by atoms with Crippen LogP contribution in [0.5, 0.6) is 0 Å². The quantitative estimate of drug-likeness (QED) is 0.473. The maximum absolute atomic E-state index is 11.8. The normalized spacial score (nSPS) is 11.3. The van der Waals surface area contributed by atoms with Crippen LogP contribution >= 0.6 is 11.8 Å². The average molecular weight is 311 g/mol. The van der Waals surface area contributed by atoms with Gasteiger partial charge in [0.05, 0.1) is 5.75 Å². The van der Waals surface area contributed by atoms with Crippen LogP contribution in [0.4, 0.5) is 5.82 Å². The number of nitrogens with zero attached hydrogens (tertiary/aromatic N) is 2. The molecule has 0 radical (unpaired) electrons. The van der Waals surface area contributed by atoms with Crippen molar-refractivity contribution in [2.75, 3.05) is 17.6 Å². The van der Waals surface area contributed by atoms with Crippen LogP contribution in [0.15, 0.2) is 11.1 Å². The van der Waals surface area contributed by atoms with Crippen molar-refractivity contribution in [1.29, 1.82) is 0 Å². The van der Waals surface area contributed by atoms with Gasteiger partial charge in [-0.1, -0.05) is 18.7 Å². The number of aryl methyl sites for hydroxylation is 1. The van der Waals surface area contributed by atoms with Crippen LogP contribution in [0.2, 0.25) is 0 Å². The molecule has 0 spiro atoms. The van der Waals surface area contributed by atoms with Gasteiger partial charge in [0.15, 0.2) is 0 Å². The zero-order valence-corrected chi connectivity index (χ0v) is 14.3. The van der Waals surface area contributed by atoms with Crippen LogP contribution in [-0.2, 0) is 16.0 Å². The van der Waals surface area contributed by atoms with Crippen LogP contribution < -0.4 is 5.32 Å². The van der Waals surface area contributed by atoms with Crippen LogP contribution in [0.1, 0.15) is 46.9 Å². The lowest BCUT2D eigenvalue weighted by Crippen LogP contribution is -2.24. The fraction of sp³-hybridized carbons (Fsp3) is 0.667. The van der Waals surface area contributed by atoms with Crippen LogP contribution in [-0.4, -0.2) is 33.8 Å². The van der Waals surface area contributed by atoms with Gasteiger partial charge in [-0.2, -0.15) is 0 Å². The molecule has 0 bridgehead atoms. The van der Waals surface area contributed by atoms with Gasteiger partial charge < -0.3 is 10.1 Å². The standard InChI is InChI=1S/C15H25N3O2S/c1-6-8-11-17-12(16-7-2)9-13(18-11)21-10-14(19)20-15(3,4)5/h9H,6-8,10H2,1-5H3,(H,16,17,18). The van der Waals surface area contributed by atoms with E-state index in [0.29, 0.717) is 0 Å². The second-order valence-electron chi connectivity index (χ2n) is 5.66. The highest BCUT2D eigenvalue weighted by Gasteiger charge is 2.16. The molecule has 0 fully saturated rings. The van der Waals surface area contributed by atoms with E-state index in [-0.39, 0.29) is 11.7 Å². The minimum Gasteiger partial charge on any atom is -0.459 e. The van der Waals surface area contributed by atoms with Gasteiger partial charge in [-0.3, -0.25) is 4.79 Å². The molecule has 1 aromatic heterocycles. The van der Waals surface area contributed by atoms with Crippen LogP contribution in [0.25, 0.3) is 0 Å². The van der Waals surface area contributed by atoms with E-state index in [4.69, 9.17) is 4.74 Å². The number of hydrogen-bond donors (Lipinski definition) is 1. The SMILES string of the molecule is CCCc1nc(NCC)cc(SCC(=O)OC(C)(C)C)n1. The van der Waals surface area contributed by atoms with Gasteiger partial charge in [0.2, 0.25) is 0 Å². The number of esters is 1. The van der Waals surface area contributed by atoms with E-state index >= 15 is 0 Å². The molecule has 21 heavy (non-hydrogen) atoms. The fourth-order valence-corrected chi connectivity index (χ4v) is 2.35. The predicted octanol–water partition coefficient (Wildman–Crippen LogP) is 3.29. The second kappa shape index (κ2) is 8.22. The molecule has 5 nitrogen and oxygen atoms in total. The Bertz CT molecular complexity index is 448. The number of rotatable bonds is 7. The summed E-state index contributed by atoms with van der Waals surface area (Å²) < 4.78 is 5.30. The Kier molecular flexibility index (Phi) is 6.95. The van der Waals surface area contributed by atoms with E-state index in [1.165, 1.54) is 11.8 Å². The summed E-state index contributed by atoms with van der Waals surface area (Å²) >= 11 is 1.38. The Morgan fingerprint density at radius 1 is 1.33 bits per heavy atom. The monoisotopic (exact) mass is 311 g/mol. The molecule has 1 rings (SSSR count). The molecule has 0 unspecified atom stereocenters. The first-order valence-electron chi connectivity index (χ1n) is 7.30. The molecule has 118 valence electrons. The number of ether oxygens (including phenoxy) is 1. The molecule has 0 aliphatic rings. The number of carbonyl (C=O) groups is 1. The highest BCUT2D eigenvalue weighted by atomic mass is 32.2. The molecule has 0 saturated heterocycles. The summed E-state index contributed by atoms with van der Waals surface area (Å²) in [5, 5.41) is 3.99. The van der Waals surface area contributed by atoms with Crippen molar-refractivity contribution in [2.45, 2.75) is 58.1 Å². The molecular weight excluding hydrogens is 286 g/mol. The van der Waals surface area contributed by atoms with E-state index < -0.39 is 5.60 Å². The molecule has 0 amide bonds. The highest BCUT2D eigenvalue weighted by Crippen LogP contribution is 2.20. The molecule has 1 N–H and O–H groups in total. The lowest BCUT2D eigenvalue weighted by atomic mass is 10.2. The van der Waals surface area contributed by atoms with Gasteiger partial charge in [0, 0.05) is 19.0 Å². The summed E-state index contributed by atoms with van der Waals surface area (Å²) in [5.74, 6) is 1.64. The number of nitrogens with one attached hydrogen (secondary N) is 1. The summed E-state index contributed by atoms with van der Waals surface area (Å²) in [6.07, 6.45) is 1.82. The molecule has 0 aromatic carbocycles. The third-order valence-electron chi connectivity index (χ3n) is 2.34. The smallest absolute Gasteiger partial charge is 0.316 e. The van der Waals surface area contributed by atoms with E-state index in [0.717, 1.165) is 36.1 Å². The molecular formula is C15H25N3O2S. The van der Waals surface area contributed by atoms with Gasteiger partial charge in [0.25, 0.3) is 0 Å². The van der Waals surface area contributed by atoms with Crippen molar-refractivity contribution < 1.29 is 9.53 Å². The van der Waals surface area contributed by atoms with Crippen LogP contribution in [0, 0.1) is 0 Å². The Balaban J connectivity index is 2.70. The maximum atomic E-state index is 11.8. The molecule has 1 heterocycles. The zero-order chi connectivity index (χ0) is 15.9. The Morgan fingerprint density at radius 2 is 2.05 bits per heavy atom. The summed E-state index contributed by atoms with van der Waals surface area (Å²) in [6, 6.07) is 1.87. The van der Waals surface area contributed by atoms with Crippen molar-refractivity contribution >= 4 is 23.5 Å². The van der Waals surface area contributed by atoms with Gasteiger partial charge in [0.1, 0.15) is 22.3 Å². The van der Waals surface area contributed by atoms with Gasteiger partial charge >= 0.3 is 5.97 Å². The maximum Gasteiger partial charge on any atom is 0.316 e. The average Bonchev–Trinajstić information content (AvgIpc) is 2.35. The van der Waals surface area contributed by atoms with Crippen molar-refractivity contribution in [3.05, 3.63) is 11.9 Å². The number of aromatic nitrogens is 2. The first kappa shape index (κ1) is 17.8. The predicted molar refractivity (Wildman–Crippen MR) is 86.8 cm³/mol. The molecule has 0 aliphatic heterocycles.